The number of aryl methyl sites for hydroxylation is 1. The molecule has 2 aromatic heterocycles. The summed E-state index contributed by atoms with van der Waals surface area (Å²) in [5, 5.41) is 10.9. The molecule has 0 radical (unpaired) electrons. The van der Waals surface area contributed by atoms with E-state index in [-0.39, 0.29) is 11.9 Å². The van der Waals surface area contributed by atoms with Crippen LogP contribution in [0.25, 0.3) is 0 Å². The van der Waals surface area contributed by atoms with Crippen molar-refractivity contribution in [2.24, 2.45) is 12.8 Å². The predicted octanol–water partition coefficient (Wildman–Crippen LogP) is 0.836. The van der Waals surface area contributed by atoms with Gasteiger partial charge >= 0.3 is 0 Å². The third-order valence-corrected chi connectivity index (χ3v) is 2.78. The smallest absolute Gasteiger partial charge is 0.247 e. The fraction of sp³-hybridized carbons (Fsp3) is 0.417. The van der Waals surface area contributed by atoms with Crippen molar-refractivity contribution >= 4 is 11.7 Å². The van der Waals surface area contributed by atoms with Gasteiger partial charge in [0.05, 0.1) is 12.4 Å². The molecule has 0 spiro atoms. The maximum atomic E-state index is 12.1. The molecule has 2 heterocycles. The number of hydrogen-bond acceptors (Lipinski definition) is 4. The number of nitrogens with one attached hydrogen (secondary N) is 1. The van der Waals surface area contributed by atoms with Gasteiger partial charge < -0.3 is 11.1 Å². The number of amides is 1. The van der Waals surface area contributed by atoms with Crippen LogP contribution in [0.5, 0.6) is 0 Å². The zero-order valence-corrected chi connectivity index (χ0v) is 11.2. The number of nitrogens with zero attached hydrogens (tertiary/aromatic N) is 4. The lowest BCUT2D eigenvalue weighted by molar-refractivity contribution is -0.117. The fourth-order valence-electron chi connectivity index (χ4n) is 1.78. The maximum Gasteiger partial charge on any atom is 0.247 e. The summed E-state index contributed by atoms with van der Waals surface area (Å²) in [6.45, 7) is 3.98. The molecule has 3 N–H and O–H groups in total. The molecule has 102 valence electrons. The largest absolute Gasteiger partial charge is 0.316 e. The Hall–Kier alpha value is -2.15. The summed E-state index contributed by atoms with van der Waals surface area (Å²) in [5.41, 5.74) is 6.58. The van der Waals surface area contributed by atoms with E-state index in [9.17, 15) is 4.79 Å². The summed E-state index contributed by atoms with van der Waals surface area (Å²) in [4.78, 5) is 12.1. The first-order valence-corrected chi connectivity index (χ1v) is 6.07. The molecule has 2 rings (SSSR count). The number of rotatable bonds is 4. The van der Waals surface area contributed by atoms with Crippen molar-refractivity contribution < 1.29 is 4.79 Å². The van der Waals surface area contributed by atoms with Crippen LogP contribution in [0.15, 0.2) is 24.7 Å². The second-order valence-electron chi connectivity index (χ2n) is 4.67. The van der Waals surface area contributed by atoms with Crippen LogP contribution in [0.2, 0.25) is 0 Å². The van der Waals surface area contributed by atoms with E-state index in [4.69, 9.17) is 5.73 Å². The Kier molecular flexibility index (Phi) is 3.66. The molecule has 0 saturated heterocycles. The van der Waals surface area contributed by atoms with Crippen LogP contribution in [0.4, 0.5) is 5.82 Å². The highest BCUT2D eigenvalue weighted by atomic mass is 16.2. The lowest BCUT2D eigenvalue weighted by atomic mass is 10.1. The molecule has 7 nitrogen and oxygen atoms in total. The second-order valence-corrected chi connectivity index (χ2v) is 4.67. The minimum absolute atomic E-state index is 0.167. The van der Waals surface area contributed by atoms with Crippen LogP contribution in [0.3, 0.4) is 0 Å². The van der Waals surface area contributed by atoms with E-state index in [2.05, 4.69) is 15.5 Å². The molecule has 0 aliphatic carbocycles. The molecule has 0 bridgehead atoms. The van der Waals surface area contributed by atoms with Crippen LogP contribution in [0, 0.1) is 0 Å². The molecule has 0 aromatic carbocycles. The van der Waals surface area contributed by atoms with Crippen molar-refractivity contribution in [2.75, 3.05) is 5.32 Å². The number of carbonyl (C=O) groups excluding carboxylic acids is 1. The minimum Gasteiger partial charge on any atom is -0.316 e. The van der Waals surface area contributed by atoms with E-state index < -0.39 is 6.04 Å². The van der Waals surface area contributed by atoms with Crippen molar-refractivity contribution in [3.63, 3.8) is 0 Å². The Balaban J connectivity index is 2.10. The summed E-state index contributed by atoms with van der Waals surface area (Å²) in [6.07, 6.45) is 4.96. The zero-order valence-electron chi connectivity index (χ0n) is 11.2. The minimum atomic E-state index is -0.746. The number of nitrogens with two attached hydrogens (primary N) is 1. The zero-order chi connectivity index (χ0) is 14.0. The van der Waals surface area contributed by atoms with E-state index in [0.717, 1.165) is 0 Å². The number of hydrogen-bond donors (Lipinski definition) is 2. The molecule has 1 amide bonds. The van der Waals surface area contributed by atoms with Crippen molar-refractivity contribution in [1.82, 2.24) is 19.6 Å². The first kappa shape index (κ1) is 13.3. The van der Waals surface area contributed by atoms with Crippen molar-refractivity contribution in [1.29, 1.82) is 0 Å². The maximum absolute atomic E-state index is 12.1. The normalized spacial score (nSPS) is 12.7. The highest BCUT2D eigenvalue weighted by Gasteiger charge is 2.19. The quantitative estimate of drug-likeness (QED) is 0.854. The average molecular weight is 262 g/mol. The highest BCUT2D eigenvalue weighted by Crippen LogP contribution is 2.16. The van der Waals surface area contributed by atoms with Crippen LogP contribution < -0.4 is 11.1 Å². The van der Waals surface area contributed by atoms with Crippen molar-refractivity contribution in [2.45, 2.75) is 25.9 Å². The van der Waals surface area contributed by atoms with Gasteiger partial charge in [0.15, 0.2) is 0 Å². The van der Waals surface area contributed by atoms with Gasteiger partial charge in [0, 0.05) is 30.9 Å². The molecule has 1 atom stereocenters. The van der Waals surface area contributed by atoms with E-state index in [1.807, 2.05) is 13.8 Å². The Morgan fingerprint density at radius 2 is 2.16 bits per heavy atom. The Morgan fingerprint density at radius 3 is 2.74 bits per heavy atom. The molecule has 1 unspecified atom stereocenters. The van der Waals surface area contributed by atoms with Gasteiger partial charge in [-0.25, -0.2) is 4.68 Å². The SMILES string of the molecule is CC(C)n1nccc1NC(=O)C(N)c1cnn(C)c1. The fourth-order valence-corrected chi connectivity index (χ4v) is 1.78. The standard InChI is InChI=1S/C12H18N6O/c1-8(2)18-10(4-5-14-18)16-12(19)11(13)9-6-15-17(3)7-9/h4-8,11H,13H2,1-3H3,(H,16,19). The molecular formula is C12H18N6O. The van der Waals surface area contributed by atoms with Gasteiger partial charge in [-0.3, -0.25) is 9.48 Å². The molecule has 2 aromatic rings. The topological polar surface area (TPSA) is 90.8 Å². The first-order chi connectivity index (χ1) is 8.99. The summed E-state index contributed by atoms with van der Waals surface area (Å²) in [6, 6.07) is 1.16. The molecule has 0 fully saturated rings. The summed E-state index contributed by atoms with van der Waals surface area (Å²) in [7, 11) is 1.78. The number of anilines is 1. The molecule has 0 aliphatic rings. The Bertz CT molecular complexity index is 570. The van der Waals surface area contributed by atoms with Crippen LogP contribution in [-0.4, -0.2) is 25.5 Å². The van der Waals surface area contributed by atoms with Crippen LogP contribution >= 0.6 is 0 Å². The van der Waals surface area contributed by atoms with E-state index in [1.165, 1.54) is 0 Å². The van der Waals surface area contributed by atoms with Gasteiger partial charge in [0.2, 0.25) is 5.91 Å². The molecule has 19 heavy (non-hydrogen) atoms. The van der Waals surface area contributed by atoms with Crippen LogP contribution in [0.1, 0.15) is 31.5 Å². The molecule has 7 heteroatoms. The van der Waals surface area contributed by atoms with E-state index in [1.54, 1.807) is 41.1 Å². The summed E-state index contributed by atoms with van der Waals surface area (Å²) < 4.78 is 3.34. The molecular weight excluding hydrogens is 244 g/mol. The van der Waals surface area contributed by atoms with E-state index in [0.29, 0.717) is 11.4 Å². The van der Waals surface area contributed by atoms with E-state index >= 15 is 0 Å². The van der Waals surface area contributed by atoms with Crippen molar-refractivity contribution in [3.8, 4) is 0 Å². The lowest BCUT2D eigenvalue weighted by Crippen LogP contribution is -2.28. The Morgan fingerprint density at radius 1 is 1.42 bits per heavy atom. The lowest BCUT2D eigenvalue weighted by Gasteiger charge is -2.14. The van der Waals surface area contributed by atoms with Gasteiger partial charge in [0.25, 0.3) is 0 Å². The van der Waals surface area contributed by atoms with Gasteiger partial charge in [-0.15, -0.1) is 0 Å². The Labute approximate surface area is 111 Å². The average Bonchev–Trinajstić information content (AvgIpc) is 2.97. The molecule has 0 aliphatic heterocycles. The van der Waals surface area contributed by atoms with Crippen molar-refractivity contribution in [3.05, 3.63) is 30.2 Å². The monoisotopic (exact) mass is 262 g/mol. The summed E-state index contributed by atoms with van der Waals surface area (Å²) in [5.74, 6) is 0.356. The summed E-state index contributed by atoms with van der Waals surface area (Å²) >= 11 is 0. The first-order valence-electron chi connectivity index (χ1n) is 6.07. The number of aromatic nitrogens is 4. The van der Waals surface area contributed by atoms with Crippen LogP contribution in [-0.2, 0) is 11.8 Å². The third-order valence-electron chi connectivity index (χ3n) is 2.78. The third kappa shape index (κ3) is 2.82. The molecule has 0 saturated carbocycles. The van der Waals surface area contributed by atoms with Gasteiger partial charge in [-0.2, -0.15) is 10.2 Å². The highest BCUT2D eigenvalue weighted by molar-refractivity contribution is 5.94. The van der Waals surface area contributed by atoms with Gasteiger partial charge in [0.1, 0.15) is 11.9 Å². The van der Waals surface area contributed by atoms with Gasteiger partial charge in [-0.1, -0.05) is 0 Å². The van der Waals surface area contributed by atoms with Gasteiger partial charge in [-0.05, 0) is 13.8 Å². The predicted molar refractivity (Wildman–Crippen MR) is 71.4 cm³/mol. The second kappa shape index (κ2) is 5.23. The number of carbonyl (C=O) groups is 1.